The second-order valence-corrected chi connectivity index (χ2v) is 80.9. The van der Waals surface area contributed by atoms with Gasteiger partial charge in [0, 0.05) is 0 Å². The zero-order chi connectivity index (χ0) is 22.3. The average molecular weight is 712 g/mol. The summed E-state index contributed by atoms with van der Waals surface area (Å²) in [5.41, 5.74) is 0. The molecular weight excluding hydrogens is 694 g/mol. The summed E-state index contributed by atoms with van der Waals surface area (Å²) in [4.78, 5) is 0. The molecule has 0 saturated carbocycles. The van der Waals surface area contributed by atoms with Crippen molar-refractivity contribution in [2.24, 2.45) is 0 Å². The summed E-state index contributed by atoms with van der Waals surface area (Å²) in [6.07, 6.45) is 0. The van der Waals surface area contributed by atoms with Crippen LogP contribution in [0, 0.1) is 0 Å². The molecule has 0 bridgehead atoms. The molecule has 169 valence electrons. The van der Waals surface area contributed by atoms with Crippen LogP contribution in [0.25, 0.3) is 0 Å². The molecule has 30 heavy (non-hydrogen) atoms. The summed E-state index contributed by atoms with van der Waals surface area (Å²) in [5, 5.41) is 1.77. The summed E-state index contributed by atoms with van der Waals surface area (Å²) in [6.45, 7) is 0. The van der Waals surface area contributed by atoms with E-state index in [0.29, 0.717) is 15.9 Å². The number of rotatable bonds is 6. The Bertz CT molecular complexity index is 885. The number of halogens is 8. The zero-order valence-corrected chi connectivity index (χ0v) is 25.8. The van der Waals surface area contributed by atoms with Gasteiger partial charge in [0.1, 0.15) is 0 Å². The summed E-state index contributed by atoms with van der Waals surface area (Å²) < 4.78 is -11.5. The second kappa shape index (κ2) is 9.50. The van der Waals surface area contributed by atoms with Gasteiger partial charge < -0.3 is 0 Å². The predicted octanol–water partition coefficient (Wildman–Crippen LogP) is 9.88. The van der Waals surface area contributed by atoms with Crippen LogP contribution >= 0.6 is 99.7 Å². The molecule has 0 fully saturated rings. The third kappa shape index (κ3) is 3.91. The van der Waals surface area contributed by atoms with Gasteiger partial charge in [0.05, 0.1) is 0 Å². The van der Waals surface area contributed by atoms with Gasteiger partial charge in [0.25, 0.3) is 0 Å². The molecule has 0 aliphatic carbocycles. The second-order valence-electron chi connectivity index (χ2n) is 6.26. The van der Waals surface area contributed by atoms with Crippen LogP contribution in [0.3, 0.4) is 0 Å². The van der Waals surface area contributed by atoms with E-state index in [0.717, 1.165) is 0 Å². The van der Waals surface area contributed by atoms with Crippen molar-refractivity contribution >= 4 is 116 Å². The Hall–Kier alpha value is 1.89. The van der Waals surface area contributed by atoms with E-state index >= 15 is 0 Å². The van der Waals surface area contributed by atoms with Crippen LogP contribution in [0.4, 0.5) is 0 Å². The SMILES string of the molecule is Cl[PH](Cl)(c1ccccc1)[Ru]([Cl])([Cl])([PH](Cl)(Cl)c1ccccc1)[PH](Cl)(Cl)c1ccccc1. The van der Waals surface area contributed by atoms with Gasteiger partial charge in [0.15, 0.2) is 0 Å². The van der Waals surface area contributed by atoms with Crippen LogP contribution < -0.4 is 15.9 Å². The average Bonchev–Trinajstić information content (AvgIpc) is 2.75. The van der Waals surface area contributed by atoms with E-state index in [1.54, 1.807) is 36.4 Å². The third-order valence-corrected chi connectivity index (χ3v) is 152. The van der Waals surface area contributed by atoms with Gasteiger partial charge in [-0.25, -0.2) is 0 Å². The number of hydrogen-bond acceptors (Lipinski definition) is 0. The van der Waals surface area contributed by atoms with Crippen molar-refractivity contribution in [2.45, 2.75) is 0 Å². The molecule has 0 atom stereocenters. The maximum atomic E-state index is 7.61. The first-order valence-electron chi connectivity index (χ1n) is 8.41. The minimum atomic E-state index is -5.47. The Morgan fingerprint density at radius 1 is 0.400 bits per heavy atom. The van der Waals surface area contributed by atoms with Crippen molar-refractivity contribution < 1.29 is 10.2 Å². The molecule has 0 aliphatic heterocycles. The molecule has 0 amide bonds. The molecule has 3 aromatic rings. The monoisotopic (exact) mass is 709 g/mol. The van der Waals surface area contributed by atoms with Gasteiger partial charge in [-0.05, 0) is 0 Å². The van der Waals surface area contributed by atoms with E-state index in [1.807, 2.05) is 54.6 Å². The predicted molar refractivity (Wildman–Crippen MR) is 150 cm³/mol. The molecule has 0 radical (unpaired) electrons. The summed E-state index contributed by atoms with van der Waals surface area (Å²) in [7, 11) is 9.75. The van der Waals surface area contributed by atoms with Crippen molar-refractivity contribution in [1.82, 2.24) is 0 Å². The third-order valence-electron chi connectivity index (χ3n) is 4.45. The van der Waals surface area contributed by atoms with Crippen LogP contribution in [0.5, 0.6) is 0 Å². The van der Waals surface area contributed by atoms with Crippen LogP contribution in [0.1, 0.15) is 0 Å². The van der Waals surface area contributed by atoms with E-state index in [4.69, 9.17) is 86.8 Å². The van der Waals surface area contributed by atoms with Crippen molar-refractivity contribution in [2.75, 3.05) is 0 Å². The zero-order valence-electron chi connectivity index (χ0n) is 15.0. The number of hydrogen-bond donors (Lipinski definition) is 0. The summed E-state index contributed by atoms with van der Waals surface area (Å²) in [6, 6.07) is 27.1. The van der Waals surface area contributed by atoms with Crippen LogP contribution in [-0.4, -0.2) is 0 Å². The first kappa shape index (κ1) is 26.5. The molecule has 0 N–H and O–H groups in total. The number of benzene rings is 3. The molecule has 0 aromatic heterocycles. The van der Waals surface area contributed by atoms with Crippen LogP contribution in [-0.2, 0) is 10.2 Å². The molecule has 0 heterocycles. The first-order valence-corrected chi connectivity index (χ1v) is 32.3. The normalized spacial score (nSPS) is 16.3. The first-order chi connectivity index (χ1) is 13.9. The quantitative estimate of drug-likeness (QED) is 0.177. The molecule has 0 aliphatic rings. The summed E-state index contributed by atoms with van der Waals surface area (Å²) in [5.74, 6) is 0. The molecule has 3 rings (SSSR count). The van der Waals surface area contributed by atoms with Gasteiger partial charge in [-0.1, -0.05) is 0 Å². The van der Waals surface area contributed by atoms with Crippen molar-refractivity contribution in [1.29, 1.82) is 0 Å². The molecule has 3 aromatic carbocycles. The van der Waals surface area contributed by atoms with Crippen LogP contribution in [0.15, 0.2) is 91.0 Å². The Kier molecular flexibility index (Phi) is 8.40. The standard InChI is InChI=1S/3C6H5Cl2P.2ClH.Ru/c3*7-9(8)6-4-2-1-3-5-6;;;/h3*1-5H;2*1H;/q;;;;;-1/p+1. The topological polar surface area (TPSA) is 0 Å². The van der Waals surface area contributed by atoms with E-state index in [-0.39, 0.29) is 0 Å². The maximum absolute atomic E-state index is 7.61. The van der Waals surface area contributed by atoms with Crippen molar-refractivity contribution in [3.63, 3.8) is 0 Å². The molecule has 0 unspecified atom stereocenters. The Morgan fingerprint density at radius 2 is 0.600 bits per heavy atom. The molecule has 0 nitrogen and oxygen atoms in total. The van der Waals surface area contributed by atoms with Crippen molar-refractivity contribution in [3.05, 3.63) is 91.0 Å². The fourth-order valence-electron chi connectivity index (χ4n) is 2.83. The molecule has 12 heteroatoms. The van der Waals surface area contributed by atoms with Gasteiger partial charge in [-0.15, -0.1) is 0 Å². The van der Waals surface area contributed by atoms with Gasteiger partial charge in [0.2, 0.25) is 0 Å². The Balaban J connectivity index is 2.43. The van der Waals surface area contributed by atoms with Gasteiger partial charge >= 0.3 is 217 Å². The van der Waals surface area contributed by atoms with Crippen molar-refractivity contribution in [3.8, 4) is 0 Å². The fraction of sp³-hybridized carbons (Fsp3) is 0. The Morgan fingerprint density at radius 3 is 0.800 bits per heavy atom. The summed E-state index contributed by atoms with van der Waals surface area (Å²) >= 11 is 43.4. The molecule has 0 saturated heterocycles. The van der Waals surface area contributed by atoms with Gasteiger partial charge in [-0.2, -0.15) is 0 Å². The minimum absolute atomic E-state index is 0.590. The molecular formula is C18H18Cl8P3Ru. The van der Waals surface area contributed by atoms with Crippen LogP contribution in [0.2, 0.25) is 0 Å². The Labute approximate surface area is 214 Å². The fourth-order valence-corrected chi connectivity index (χ4v) is 145. The van der Waals surface area contributed by atoms with E-state index < -0.39 is 23.1 Å². The van der Waals surface area contributed by atoms with E-state index in [9.17, 15) is 0 Å². The van der Waals surface area contributed by atoms with E-state index in [1.165, 1.54) is 0 Å². The van der Waals surface area contributed by atoms with Gasteiger partial charge in [-0.3, -0.25) is 0 Å². The molecule has 0 spiro atoms. The van der Waals surface area contributed by atoms with E-state index in [2.05, 4.69) is 0 Å².